The molecule has 0 saturated heterocycles. The van der Waals surface area contributed by atoms with Crippen molar-refractivity contribution >= 4 is 0 Å². The summed E-state index contributed by atoms with van der Waals surface area (Å²) in [4.78, 5) is 2.63. The first-order valence-corrected chi connectivity index (χ1v) is 12.9. The van der Waals surface area contributed by atoms with Crippen LogP contribution < -0.4 is 0 Å². The smallest absolute Gasteiger partial charge is 0.110 e. The number of hydrogen-bond donors (Lipinski definition) is 0. The Kier molecular flexibility index (Phi) is 12.3. The summed E-state index contributed by atoms with van der Waals surface area (Å²) in [7, 11) is 0. The Balaban J connectivity index is 0.00000129. The van der Waals surface area contributed by atoms with E-state index >= 15 is 0 Å². The predicted molar refractivity (Wildman–Crippen MR) is 139 cm³/mol. The fraction of sp³-hybridized carbons (Fsp3) is 0.567. The second-order valence-electron chi connectivity index (χ2n) is 9.62. The Morgan fingerprint density at radius 1 is 0.941 bits per heavy atom. The lowest BCUT2D eigenvalue weighted by Crippen LogP contribution is -2.41. The fourth-order valence-electron chi connectivity index (χ4n) is 5.12. The monoisotopic (exact) mass is 468 g/mol. The van der Waals surface area contributed by atoms with Gasteiger partial charge >= 0.3 is 0 Å². The Morgan fingerprint density at radius 2 is 1.50 bits per heavy atom. The second kappa shape index (κ2) is 14.9. The molecule has 1 aliphatic carbocycles. The average molecular weight is 469 g/mol. The van der Waals surface area contributed by atoms with Gasteiger partial charge in [-0.1, -0.05) is 61.5 Å². The van der Waals surface area contributed by atoms with Crippen molar-refractivity contribution in [2.24, 2.45) is 0 Å². The third-order valence-electron chi connectivity index (χ3n) is 6.98. The first-order valence-electron chi connectivity index (χ1n) is 12.9. The van der Waals surface area contributed by atoms with Crippen molar-refractivity contribution in [1.82, 2.24) is 4.90 Å². The van der Waals surface area contributed by atoms with Crippen molar-refractivity contribution in [3.63, 3.8) is 0 Å². The van der Waals surface area contributed by atoms with Crippen molar-refractivity contribution in [1.29, 1.82) is 5.26 Å². The molecule has 4 heteroatoms. The molecule has 3 atom stereocenters. The largest absolute Gasteiger partial charge is 0.298 e. The van der Waals surface area contributed by atoms with Gasteiger partial charge in [-0.05, 0) is 75.5 Å². The number of benzene rings is 2. The van der Waals surface area contributed by atoms with Gasteiger partial charge in [0, 0.05) is 31.5 Å². The van der Waals surface area contributed by atoms with E-state index in [-0.39, 0.29) is 0 Å². The summed E-state index contributed by atoms with van der Waals surface area (Å²) in [6, 6.07) is 21.6. The predicted octanol–water partition coefficient (Wildman–Crippen LogP) is 7.82. The lowest BCUT2D eigenvalue weighted by molar-refractivity contribution is 0.124. The lowest BCUT2D eigenvalue weighted by atomic mass is 9.81. The summed E-state index contributed by atoms with van der Waals surface area (Å²) in [5.74, 6) is -0.583. The Morgan fingerprint density at radius 3 is 2.03 bits per heavy atom. The van der Waals surface area contributed by atoms with Gasteiger partial charge in [0.15, 0.2) is 0 Å². The normalized spacial score (nSPS) is 21.0. The number of halogens is 2. The van der Waals surface area contributed by atoms with Crippen LogP contribution in [0.2, 0.25) is 0 Å². The highest BCUT2D eigenvalue weighted by atomic mass is 19.1. The van der Waals surface area contributed by atoms with Crippen molar-refractivity contribution < 1.29 is 8.78 Å². The summed E-state index contributed by atoms with van der Waals surface area (Å²) in [6.45, 7) is 9.34. The van der Waals surface area contributed by atoms with E-state index in [2.05, 4.69) is 68.1 Å². The van der Waals surface area contributed by atoms with E-state index in [1.165, 1.54) is 18.1 Å². The SMILES string of the molecule is CC#N.CCC(CCc1ccc(C2C(F)CCCC2F)cc1)N(CCc1ccccc1)C(C)C. The molecular weight excluding hydrogens is 426 g/mol. The molecule has 0 N–H and O–H groups in total. The van der Waals surface area contributed by atoms with E-state index in [1.807, 2.05) is 12.1 Å². The van der Waals surface area contributed by atoms with Crippen LogP contribution in [0.5, 0.6) is 0 Å². The number of nitrogens with zero attached hydrogens (tertiary/aromatic N) is 2. The fourth-order valence-corrected chi connectivity index (χ4v) is 5.12. The molecule has 0 aromatic heterocycles. The van der Waals surface area contributed by atoms with Gasteiger partial charge in [-0.3, -0.25) is 4.90 Å². The molecule has 2 aromatic rings. The van der Waals surface area contributed by atoms with E-state index in [1.54, 1.807) is 6.07 Å². The third-order valence-corrected chi connectivity index (χ3v) is 6.98. The summed E-state index contributed by atoms with van der Waals surface area (Å²) >= 11 is 0. The zero-order chi connectivity index (χ0) is 24.9. The molecule has 2 aromatic carbocycles. The topological polar surface area (TPSA) is 27.0 Å². The summed E-state index contributed by atoms with van der Waals surface area (Å²) in [6.07, 6.45) is 3.82. The molecule has 1 fully saturated rings. The first kappa shape index (κ1) is 28.0. The molecule has 3 unspecified atom stereocenters. The minimum Gasteiger partial charge on any atom is -0.298 e. The molecule has 3 rings (SSSR count). The lowest BCUT2D eigenvalue weighted by Gasteiger charge is -2.35. The van der Waals surface area contributed by atoms with Gasteiger partial charge in [-0.2, -0.15) is 5.26 Å². The van der Waals surface area contributed by atoms with E-state index in [9.17, 15) is 8.78 Å². The van der Waals surface area contributed by atoms with Crippen LogP contribution in [0, 0.1) is 11.3 Å². The van der Waals surface area contributed by atoms with Crippen LogP contribution in [0.15, 0.2) is 54.6 Å². The van der Waals surface area contributed by atoms with Crippen LogP contribution in [0.4, 0.5) is 8.78 Å². The molecular formula is C30H42F2N2. The van der Waals surface area contributed by atoms with Crippen molar-refractivity contribution in [3.8, 4) is 6.07 Å². The van der Waals surface area contributed by atoms with Crippen LogP contribution in [0.3, 0.4) is 0 Å². The number of alkyl halides is 2. The highest BCUT2D eigenvalue weighted by Gasteiger charge is 2.34. The van der Waals surface area contributed by atoms with E-state index in [0.717, 1.165) is 37.8 Å². The zero-order valence-corrected chi connectivity index (χ0v) is 21.4. The highest BCUT2D eigenvalue weighted by molar-refractivity contribution is 5.28. The molecule has 186 valence electrons. The Bertz CT molecular complexity index is 834. The number of nitriles is 1. The zero-order valence-electron chi connectivity index (χ0n) is 21.4. The number of aryl methyl sites for hydroxylation is 1. The highest BCUT2D eigenvalue weighted by Crippen LogP contribution is 2.37. The van der Waals surface area contributed by atoms with Gasteiger partial charge in [-0.25, -0.2) is 8.78 Å². The van der Waals surface area contributed by atoms with Crippen LogP contribution in [0.25, 0.3) is 0 Å². The van der Waals surface area contributed by atoms with Gasteiger partial charge in [0.05, 0.1) is 6.07 Å². The Hall–Kier alpha value is -2.25. The van der Waals surface area contributed by atoms with Crippen LogP contribution in [-0.4, -0.2) is 35.9 Å². The maximum atomic E-state index is 14.3. The minimum atomic E-state index is -1.05. The molecule has 0 amide bonds. The molecule has 0 aliphatic heterocycles. The molecule has 0 radical (unpaired) electrons. The molecule has 1 saturated carbocycles. The van der Waals surface area contributed by atoms with E-state index in [4.69, 9.17) is 5.26 Å². The van der Waals surface area contributed by atoms with Crippen molar-refractivity contribution in [2.75, 3.05) is 6.54 Å². The molecule has 1 aliphatic rings. The minimum absolute atomic E-state index is 0.485. The second-order valence-corrected chi connectivity index (χ2v) is 9.62. The maximum Gasteiger partial charge on any atom is 0.110 e. The molecule has 0 bridgehead atoms. The van der Waals surface area contributed by atoms with Gasteiger partial charge < -0.3 is 0 Å². The van der Waals surface area contributed by atoms with Crippen molar-refractivity contribution in [2.45, 2.75) is 103 Å². The Labute approximate surface area is 206 Å². The van der Waals surface area contributed by atoms with Gasteiger partial charge in [0.1, 0.15) is 12.3 Å². The first-order chi connectivity index (χ1) is 16.4. The number of rotatable bonds is 10. The average Bonchev–Trinajstić information content (AvgIpc) is 2.83. The summed E-state index contributed by atoms with van der Waals surface area (Å²) < 4.78 is 28.6. The quantitative estimate of drug-likeness (QED) is 0.355. The van der Waals surface area contributed by atoms with Gasteiger partial charge in [0.25, 0.3) is 0 Å². The maximum absolute atomic E-state index is 14.3. The van der Waals surface area contributed by atoms with Crippen LogP contribution >= 0.6 is 0 Å². The molecule has 34 heavy (non-hydrogen) atoms. The molecule has 0 heterocycles. The van der Waals surface area contributed by atoms with Gasteiger partial charge in [0.2, 0.25) is 0 Å². The van der Waals surface area contributed by atoms with Crippen molar-refractivity contribution in [3.05, 3.63) is 71.3 Å². The third kappa shape index (κ3) is 8.51. The van der Waals surface area contributed by atoms with E-state index in [0.29, 0.717) is 31.3 Å². The van der Waals surface area contributed by atoms with E-state index < -0.39 is 18.3 Å². The molecule has 2 nitrogen and oxygen atoms in total. The molecule has 0 spiro atoms. The van der Waals surface area contributed by atoms with Gasteiger partial charge in [-0.15, -0.1) is 0 Å². The van der Waals surface area contributed by atoms with Crippen LogP contribution in [0.1, 0.15) is 82.4 Å². The standard InChI is InChI=1S/C28H39F2N.C2H3N/c1-4-25(31(21(2)3)20-19-22-9-6-5-7-10-22)18-15-23-13-16-24(17-14-23)28-26(29)11-8-12-27(28)30;1-2-3/h5-7,9-10,13-14,16-17,21,25-28H,4,8,11-12,15,18-20H2,1-3H3;1H3. The summed E-state index contributed by atoms with van der Waals surface area (Å²) in [5.41, 5.74) is 3.47. The number of hydrogen-bond acceptors (Lipinski definition) is 2. The summed E-state index contributed by atoms with van der Waals surface area (Å²) in [5, 5.41) is 7.32. The van der Waals surface area contributed by atoms with Crippen LogP contribution in [-0.2, 0) is 12.8 Å².